The van der Waals surface area contributed by atoms with Gasteiger partial charge in [0.2, 0.25) is 0 Å². The maximum Gasteiger partial charge on any atom is 0.415 e. The zero-order chi connectivity index (χ0) is 26.5. The van der Waals surface area contributed by atoms with Gasteiger partial charge in [0.1, 0.15) is 17.2 Å². The maximum absolute atomic E-state index is 15.6. The number of carbonyl (C=O) groups is 1. The average molecular weight is 484 g/mol. The van der Waals surface area contributed by atoms with Gasteiger partial charge in [0.05, 0.1) is 11.8 Å². The van der Waals surface area contributed by atoms with Gasteiger partial charge in [-0.2, -0.15) is 0 Å². The molecule has 0 fully saturated rings. The van der Waals surface area contributed by atoms with Crippen molar-refractivity contribution in [2.75, 3.05) is 11.9 Å². The summed E-state index contributed by atoms with van der Waals surface area (Å²) in [5.41, 5.74) is 2.23. The molecule has 0 saturated carbocycles. The first-order valence-electron chi connectivity index (χ1n) is 12.0. The summed E-state index contributed by atoms with van der Waals surface area (Å²) in [5, 5.41) is 12.1. The van der Waals surface area contributed by atoms with Crippen LogP contribution in [-0.2, 0) is 4.74 Å². The van der Waals surface area contributed by atoms with E-state index in [-0.39, 0.29) is 0 Å². The van der Waals surface area contributed by atoms with Gasteiger partial charge in [0.25, 0.3) is 0 Å². The van der Waals surface area contributed by atoms with E-state index in [2.05, 4.69) is 9.97 Å². The number of rotatable bonds is 7. The average Bonchev–Trinajstić information content (AvgIpc) is 2.82. The fourth-order valence-corrected chi connectivity index (χ4v) is 3.67. The van der Waals surface area contributed by atoms with Crippen molar-refractivity contribution in [2.24, 2.45) is 0 Å². The lowest BCUT2D eigenvalue weighted by molar-refractivity contribution is 0.0588. The number of aliphatic hydroxyl groups excluding tert-OH is 1. The number of aliphatic hydroxyl groups is 1. The molecule has 6 nitrogen and oxygen atoms in total. The Hall–Kier alpha value is -3.06. The van der Waals surface area contributed by atoms with Crippen molar-refractivity contribution in [3.63, 3.8) is 0 Å². The van der Waals surface area contributed by atoms with Crippen molar-refractivity contribution in [2.45, 2.75) is 79.9 Å². The first-order valence-corrected chi connectivity index (χ1v) is 12.0. The molecule has 0 bridgehead atoms. The van der Waals surface area contributed by atoms with Crippen molar-refractivity contribution in [1.29, 1.82) is 0 Å². The molecule has 7 heteroatoms. The highest BCUT2D eigenvalue weighted by molar-refractivity contribution is 5.92. The Balaban J connectivity index is 2.47. The quantitative estimate of drug-likeness (QED) is 0.423. The minimum atomic E-state index is -0.864. The molecule has 1 unspecified atom stereocenters. The van der Waals surface area contributed by atoms with Gasteiger partial charge in [0, 0.05) is 41.4 Å². The maximum atomic E-state index is 15.6. The van der Waals surface area contributed by atoms with Gasteiger partial charge in [-0.05, 0) is 72.1 Å². The van der Waals surface area contributed by atoms with Crippen LogP contribution >= 0.6 is 0 Å². The monoisotopic (exact) mass is 483 g/mol. The summed E-state index contributed by atoms with van der Waals surface area (Å²) in [6.45, 7) is 14.6. The highest BCUT2D eigenvalue weighted by atomic mass is 19.1. The largest absolute Gasteiger partial charge is 0.443 e. The van der Waals surface area contributed by atoms with Crippen LogP contribution in [0.5, 0.6) is 0 Å². The van der Waals surface area contributed by atoms with Gasteiger partial charge in [-0.15, -0.1) is 0 Å². The lowest BCUT2D eigenvalue weighted by Gasteiger charge is -2.24. The van der Waals surface area contributed by atoms with E-state index in [1.54, 1.807) is 53.2 Å². The number of ether oxygens (including phenoxy) is 1. The summed E-state index contributed by atoms with van der Waals surface area (Å²) < 4.78 is 21.0. The van der Waals surface area contributed by atoms with Crippen molar-refractivity contribution in [3.05, 3.63) is 58.8 Å². The van der Waals surface area contributed by atoms with E-state index in [0.29, 0.717) is 41.1 Å². The second-order valence-electron chi connectivity index (χ2n) is 9.61. The number of hydrogen-bond donors (Lipinski definition) is 1. The Bertz CT molecular complexity index is 1180. The molecule has 0 aliphatic carbocycles. The second-order valence-corrected chi connectivity index (χ2v) is 9.61. The number of amides is 1. The van der Waals surface area contributed by atoms with Crippen LogP contribution in [0.4, 0.5) is 15.0 Å². The molecule has 2 aromatic heterocycles. The van der Waals surface area contributed by atoms with Crippen LogP contribution < -0.4 is 4.90 Å². The highest BCUT2D eigenvalue weighted by Gasteiger charge is 2.23. The summed E-state index contributed by atoms with van der Waals surface area (Å²) in [6, 6.07) is 3.61. The lowest BCUT2D eigenvalue weighted by Crippen LogP contribution is -2.34. The van der Waals surface area contributed by atoms with E-state index in [4.69, 9.17) is 4.74 Å². The van der Waals surface area contributed by atoms with E-state index in [9.17, 15) is 9.90 Å². The second kappa shape index (κ2) is 11.6. The minimum absolute atomic E-state index is 0.351. The fraction of sp³-hybridized carbons (Fsp3) is 0.464. The lowest BCUT2D eigenvalue weighted by atomic mass is 9.93. The van der Waals surface area contributed by atoms with Crippen molar-refractivity contribution in [1.82, 2.24) is 9.97 Å². The van der Waals surface area contributed by atoms with Crippen LogP contribution in [0, 0.1) is 0 Å². The number of pyridine rings is 2. The molecule has 0 aromatic carbocycles. The van der Waals surface area contributed by atoms with Crippen LogP contribution in [0.15, 0.2) is 53.1 Å². The van der Waals surface area contributed by atoms with Crippen LogP contribution in [0.25, 0.3) is 16.3 Å². The smallest absolute Gasteiger partial charge is 0.415 e. The molecule has 2 heterocycles. The van der Waals surface area contributed by atoms with Gasteiger partial charge in [-0.25, -0.2) is 14.2 Å². The third-order valence-corrected chi connectivity index (χ3v) is 5.84. The van der Waals surface area contributed by atoms with Crippen molar-refractivity contribution in [3.8, 4) is 0 Å². The number of halogens is 1. The van der Waals surface area contributed by atoms with Crippen molar-refractivity contribution >= 4 is 28.3 Å². The molecule has 0 saturated heterocycles. The zero-order valence-corrected chi connectivity index (χ0v) is 22.4. The molecule has 0 aliphatic heterocycles. The predicted molar refractivity (Wildman–Crippen MR) is 141 cm³/mol. The summed E-state index contributed by atoms with van der Waals surface area (Å²) >= 11 is 0. The van der Waals surface area contributed by atoms with Gasteiger partial charge in [-0.1, -0.05) is 25.5 Å². The topological polar surface area (TPSA) is 75.6 Å². The van der Waals surface area contributed by atoms with Gasteiger partial charge >= 0.3 is 6.09 Å². The summed E-state index contributed by atoms with van der Waals surface area (Å²) in [6.07, 6.45) is 4.88. The third kappa shape index (κ3) is 6.75. The van der Waals surface area contributed by atoms with Crippen LogP contribution in [-0.4, -0.2) is 39.9 Å². The van der Waals surface area contributed by atoms with E-state index in [1.165, 1.54) is 4.90 Å². The first kappa shape index (κ1) is 28.2. The van der Waals surface area contributed by atoms with Crippen LogP contribution in [0.1, 0.15) is 73.9 Å². The molecular weight excluding hydrogens is 445 g/mol. The van der Waals surface area contributed by atoms with E-state index in [1.807, 2.05) is 39.8 Å². The number of allylic oxidation sites excluding steroid dienone is 4. The molecule has 0 spiro atoms. The number of nitrogens with zero attached hydrogens (tertiary/aromatic N) is 3. The van der Waals surface area contributed by atoms with E-state index in [0.717, 1.165) is 16.3 Å². The normalized spacial score (nSPS) is 14.9. The molecule has 2 rings (SSSR count). The van der Waals surface area contributed by atoms with Crippen LogP contribution in [0.3, 0.4) is 0 Å². The SMILES string of the molecule is C\C=C(/C(C)=C(F)\C(=C(/C)CC)C(O)CC)c1cc2cnc(N(C)C(=O)OC(C)(C)C)cc2cn1. The Morgan fingerprint density at radius 3 is 2.31 bits per heavy atom. The highest BCUT2D eigenvalue weighted by Crippen LogP contribution is 2.33. The standard InChI is InChI=1S/C28H38FN3O3/c1-10-17(4)25(23(33)12-3)26(29)18(5)21(11-2)22-13-19-16-31-24(14-20(19)15-30-22)32(9)27(34)35-28(6,7)8/h11,13-16,23,33H,10,12H2,1-9H3/b21-11+,25-17+,26-18+. The molecule has 190 valence electrons. The Kier molecular flexibility index (Phi) is 9.32. The van der Waals surface area contributed by atoms with Crippen LogP contribution in [0.2, 0.25) is 0 Å². The Morgan fingerprint density at radius 1 is 1.17 bits per heavy atom. The summed E-state index contributed by atoms with van der Waals surface area (Å²) in [4.78, 5) is 22.7. The molecule has 2 aromatic rings. The Morgan fingerprint density at radius 2 is 1.77 bits per heavy atom. The Labute approximate surface area is 208 Å². The van der Waals surface area contributed by atoms with E-state index >= 15 is 4.39 Å². The van der Waals surface area contributed by atoms with Gasteiger partial charge in [-0.3, -0.25) is 9.88 Å². The summed E-state index contributed by atoms with van der Waals surface area (Å²) in [7, 11) is 1.60. The third-order valence-electron chi connectivity index (χ3n) is 5.84. The molecule has 1 N–H and O–H groups in total. The summed E-state index contributed by atoms with van der Waals surface area (Å²) in [5.74, 6) is 0.0224. The molecular formula is C28H38FN3O3. The first-order chi connectivity index (χ1) is 16.3. The van der Waals surface area contributed by atoms with Crippen molar-refractivity contribution < 1.29 is 19.0 Å². The molecule has 0 aliphatic rings. The predicted octanol–water partition coefficient (Wildman–Crippen LogP) is 7.15. The number of hydrogen-bond acceptors (Lipinski definition) is 5. The van der Waals surface area contributed by atoms with Gasteiger partial charge < -0.3 is 9.84 Å². The number of fused-ring (bicyclic) bond motifs is 1. The van der Waals surface area contributed by atoms with E-state index < -0.39 is 23.6 Å². The molecule has 1 atom stereocenters. The number of carbonyl (C=O) groups excluding carboxylic acids is 1. The number of aromatic nitrogens is 2. The minimum Gasteiger partial charge on any atom is -0.443 e. The molecule has 35 heavy (non-hydrogen) atoms. The fourth-order valence-electron chi connectivity index (χ4n) is 3.67. The molecule has 1 amide bonds. The molecule has 0 radical (unpaired) electrons. The van der Waals surface area contributed by atoms with Gasteiger partial charge in [0.15, 0.2) is 0 Å². The number of anilines is 1. The zero-order valence-electron chi connectivity index (χ0n) is 22.4.